The quantitative estimate of drug-likeness (QED) is 0.567. The average Bonchev–Trinajstić information content (AvgIpc) is 2.67. The van der Waals surface area contributed by atoms with Crippen LogP contribution in [0.4, 0.5) is 0 Å². The van der Waals surface area contributed by atoms with Crippen molar-refractivity contribution >= 4 is 15.9 Å². The Morgan fingerprint density at radius 2 is 1.60 bits per heavy atom. The van der Waals surface area contributed by atoms with Crippen molar-refractivity contribution in [3.05, 3.63) is 100 Å². The summed E-state index contributed by atoms with van der Waals surface area (Å²) in [6.07, 6.45) is 0.946. The normalized spacial score (nSPS) is 11.9. The van der Waals surface area contributed by atoms with E-state index in [-0.39, 0.29) is 6.04 Å². The van der Waals surface area contributed by atoms with Crippen molar-refractivity contribution in [3.8, 4) is 5.75 Å². The van der Waals surface area contributed by atoms with Crippen LogP contribution in [-0.4, -0.2) is 7.11 Å². The lowest BCUT2D eigenvalue weighted by Gasteiger charge is -2.20. The van der Waals surface area contributed by atoms with E-state index in [1.54, 1.807) is 7.11 Å². The topological polar surface area (TPSA) is 21.3 Å². The van der Waals surface area contributed by atoms with Crippen LogP contribution in [0.3, 0.4) is 0 Å². The SMILES string of the molecule is COc1ccc(Br)cc1CNC(Cc1ccccc1)c1ccccc1. The second-order valence-electron chi connectivity index (χ2n) is 5.99. The maximum Gasteiger partial charge on any atom is 0.123 e. The van der Waals surface area contributed by atoms with E-state index in [2.05, 4.69) is 88.0 Å². The molecule has 0 spiro atoms. The van der Waals surface area contributed by atoms with Gasteiger partial charge in [0.2, 0.25) is 0 Å². The van der Waals surface area contributed by atoms with E-state index in [9.17, 15) is 0 Å². The van der Waals surface area contributed by atoms with Crippen molar-refractivity contribution < 1.29 is 4.74 Å². The highest BCUT2D eigenvalue weighted by Crippen LogP contribution is 2.25. The third kappa shape index (κ3) is 4.94. The predicted molar refractivity (Wildman–Crippen MR) is 107 cm³/mol. The Balaban J connectivity index is 1.79. The van der Waals surface area contributed by atoms with Crippen LogP contribution in [0.1, 0.15) is 22.7 Å². The van der Waals surface area contributed by atoms with E-state index in [4.69, 9.17) is 4.74 Å². The predicted octanol–water partition coefficient (Wildman–Crippen LogP) is 5.53. The van der Waals surface area contributed by atoms with Gasteiger partial charge in [0, 0.05) is 22.6 Å². The zero-order valence-electron chi connectivity index (χ0n) is 14.3. The fourth-order valence-corrected chi connectivity index (χ4v) is 3.37. The van der Waals surface area contributed by atoms with E-state index >= 15 is 0 Å². The van der Waals surface area contributed by atoms with Gasteiger partial charge < -0.3 is 10.1 Å². The molecule has 0 fully saturated rings. The van der Waals surface area contributed by atoms with Gasteiger partial charge in [-0.1, -0.05) is 76.6 Å². The molecule has 25 heavy (non-hydrogen) atoms. The summed E-state index contributed by atoms with van der Waals surface area (Å²) in [5.41, 5.74) is 3.76. The third-order valence-electron chi connectivity index (χ3n) is 4.27. The monoisotopic (exact) mass is 395 g/mol. The molecule has 0 saturated carbocycles. The van der Waals surface area contributed by atoms with Crippen LogP contribution in [0, 0.1) is 0 Å². The number of halogens is 1. The molecule has 3 aromatic carbocycles. The highest BCUT2D eigenvalue weighted by atomic mass is 79.9. The highest BCUT2D eigenvalue weighted by Gasteiger charge is 2.13. The van der Waals surface area contributed by atoms with Crippen LogP contribution in [-0.2, 0) is 13.0 Å². The first-order chi connectivity index (χ1) is 12.3. The van der Waals surface area contributed by atoms with Gasteiger partial charge in [-0.15, -0.1) is 0 Å². The largest absolute Gasteiger partial charge is 0.496 e. The van der Waals surface area contributed by atoms with Crippen LogP contribution in [0.25, 0.3) is 0 Å². The summed E-state index contributed by atoms with van der Waals surface area (Å²) < 4.78 is 6.56. The number of nitrogens with one attached hydrogen (secondary N) is 1. The van der Waals surface area contributed by atoms with Gasteiger partial charge in [-0.25, -0.2) is 0 Å². The fraction of sp³-hybridized carbons (Fsp3) is 0.182. The summed E-state index contributed by atoms with van der Waals surface area (Å²) in [4.78, 5) is 0. The van der Waals surface area contributed by atoms with Gasteiger partial charge in [-0.3, -0.25) is 0 Å². The van der Waals surface area contributed by atoms with Crippen molar-refractivity contribution in [2.24, 2.45) is 0 Å². The summed E-state index contributed by atoms with van der Waals surface area (Å²) in [5.74, 6) is 0.905. The van der Waals surface area contributed by atoms with Crippen molar-refractivity contribution in [1.82, 2.24) is 5.32 Å². The summed E-state index contributed by atoms with van der Waals surface area (Å²) in [5, 5.41) is 3.70. The third-order valence-corrected chi connectivity index (χ3v) is 4.76. The number of ether oxygens (including phenoxy) is 1. The van der Waals surface area contributed by atoms with Gasteiger partial charge in [-0.05, 0) is 35.7 Å². The van der Waals surface area contributed by atoms with E-state index in [0.717, 1.165) is 28.8 Å². The lowest BCUT2D eigenvalue weighted by atomic mass is 9.98. The lowest BCUT2D eigenvalue weighted by molar-refractivity contribution is 0.405. The number of benzene rings is 3. The Kier molecular flexibility index (Phi) is 6.26. The van der Waals surface area contributed by atoms with Crippen LogP contribution < -0.4 is 10.1 Å². The van der Waals surface area contributed by atoms with Crippen molar-refractivity contribution in [1.29, 1.82) is 0 Å². The maximum absolute atomic E-state index is 5.50. The molecular formula is C22H22BrNO. The Morgan fingerprint density at radius 3 is 2.28 bits per heavy atom. The zero-order valence-corrected chi connectivity index (χ0v) is 15.9. The second kappa shape index (κ2) is 8.84. The molecule has 0 aliphatic rings. The molecule has 2 nitrogen and oxygen atoms in total. The standard InChI is InChI=1S/C22H22BrNO/c1-25-22-13-12-20(23)15-19(22)16-24-21(18-10-6-3-7-11-18)14-17-8-4-2-5-9-17/h2-13,15,21,24H,14,16H2,1H3. The Bertz CT molecular complexity index is 790. The lowest BCUT2D eigenvalue weighted by Crippen LogP contribution is -2.23. The smallest absolute Gasteiger partial charge is 0.123 e. The van der Waals surface area contributed by atoms with Gasteiger partial charge >= 0.3 is 0 Å². The molecule has 1 unspecified atom stereocenters. The molecule has 128 valence electrons. The maximum atomic E-state index is 5.50. The molecule has 0 aliphatic carbocycles. The molecule has 0 amide bonds. The average molecular weight is 396 g/mol. The molecular weight excluding hydrogens is 374 g/mol. The number of rotatable bonds is 7. The molecule has 0 heterocycles. The van der Waals surface area contributed by atoms with E-state index < -0.39 is 0 Å². The van der Waals surface area contributed by atoms with Crippen LogP contribution >= 0.6 is 15.9 Å². The molecule has 3 aromatic rings. The number of hydrogen-bond acceptors (Lipinski definition) is 2. The Hall–Kier alpha value is -2.10. The first-order valence-corrected chi connectivity index (χ1v) is 9.20. The summed E-state index contributed by atoms with van der Waals surface area (Å²) >= 11 is 3.55. The molecule has 0 radical (unpaired) electrons. The first-order valence-electron chi connectivity index (χ1n) is 8.41. The molecule has 0 aliphatic heterocycles. The van der Waals surface area contributed by atoms with Crippen LogP contribution in [0.2, 0.25) is 0 Å². The summed E-state index contributed by atoms with van der Waals surface area (Å²) in [7, 11) is 1.71. The van der Waals surface area contributed by atoms with Gasteiger partial charge in [0.05, 0.1) is 7.11 Å². The van der Waals surface area contributed by atoms with Gasteiger partial charge in [-0.2, -0.15) is 0 Å². The van der Waals surface area contributed by atoms with Gasteiger partial charge in [0.15, 0.2) is 0 Å². The van der Waals surface area contributed by atoms with Gasteiger partial charge in [0.25, 0.3) is 0 Å². The fourth-order valence-electron chi connectivity index (χ4n) is 2.96. The summed E-state index contributed by atoms with van der Waals surface area (Å²) in [6, 6.07) is 27.5. The molecule has 0 aromatic heterocycles. The first kappa shape index (κ1) is 17.7. The summed E-state index contributed by atoms with van der Waals surface area (Å²) in [6.45, 7) is 0.745. The van der Waals surface area contributed by atoms with E-state index in [0.29, 0.717) is 0 Å². The second-order valence-corrected chi connectivity index (χ2v) is 6.91. The number of methoxy groups -OCH3 is 1. The molecule has 1 N–H and O–H groups in total. The van der Waals surface area contributed by atoms with Crippen molar-refractivity contribution in [2.45, 2.75) is 19.0 Å². The van der Waals surface area contributed by atoms with Crippen LogP contribution in [0.5, 0.6) is 5.75 Å². The molecule has 0 saturated heterocycles. The number of hydrogen-bond donors (Lipinski definition) is 1. The molecule has 1 atom stereocenters. The zero-order chi connectivity index (χ0) is 17.5. The molecule has 3 heteroatoms. The Labute approximate surface area is 158 Å². The molecule has 3 rings (SSSR count). The van der Waals surface area contributed by atoms with Crippen molar-refractivity contribution in [3.63, 3.8) is 0 Å². The van der Waals surface area contributed by atoms with E-state index in [1.807, 2.05) is 12.1 Å². The van der Waals surface area contributed by atoms with Crippen LogP contribution in [0.15, 0.2) is 83.3 Å². The van der Waals surface area contributed by atoms with Crippen molar-refractivity contribution in [2.75, 3.05) is 7.11 Å². The highest BCUT2D eigenvalue weighted by molar-refractivity contribution is 9.10. The van der Waals surface area contributed by atoms with E-state index in [1.165, 1.54) is 11.1 Å². The Morgan fingerprint density at radius 1 is 0.920 bits per heavy atom. The minimum atomic E-state index is 0.243. The minimum Gasteiger partial charge on any atom is -0.496 e. The van der Waals surface area contributed by atoms with Gasteiger partial charge in [0.1, 0.15) is 5.75 Å². The molecule has 0 bridgehead atoms. The minimum absolute atomic E-state index is 0.243.